The molecule has 0 heterocycles. The van der Waals surface area contributed by atoms with E-state index in [4.69, 9.17) is 5.73 Å². The number of nitrogens with one attached hydrogen (secondary N) is 1. The summed E-state index contributed by atoms with van der Waals surface area (Å²) in [5.74, 6) is -1.21. The Bertz CT molecular complexity index is 840. The van der Waals surface area contributed by atoms with Gasteiger partial charge in [-0.2, -0.15) is 13.2 Å². The summed E-state index contributed by atoms with van der Waals surface area (Å²) in [5, 5.41) is 2.45. The Labute approximate surface area is 162 Å². The minimum atomic E-state index is -4.45. The predicted octanol–water partition coefficient (Wildman–Crippen LogP) is 2.42. The van der Waals surface area contributed by atoms with E-state index in [-0.39, 0.29) is 18.6 Å². The predicted molar refractivity (Wildman–Crippen MR) is 98.6 cm³/mol. The molecular formula is C19H19F3N2O3S. The molecule has 9 heteroatoms. The standard InChI is InChI=1S/C19H19F3N2O3S/c20-19(21,22)14-8-6-13(7-9-14)12-17(25)24-16(18(23)26)10-11-28(27)15-4-2-1-3-5-15/h1-9,16H,10-12H2,(H2,23,26)(H,24,25)/t16-,28+/m1/s1. The number of benzene rings is 2. The molecule has 2 aromatic carbocycles. The van der Waals surface area contributed by atoms with Gasteiger partial charge in [-0.15, -0.1) is 0 Å². The molecule has 2 amide bonds. The van der Waals surface area contributed by atoms with E-state index in [1.807, 2.05) is 0 Å². The number of amides is 2. The summed E-state index contributed by atoms with van der Waals surface area (Å²) in [7, 11) is -1.35. The number of rotatable bonds is 8. The van der Waals surface area contributed by atoms with Gasteiger partial charge in [0.2, 0.25) is 11.8 Å². The van der Waals surface area contributed by atoms with Gasteiger partial charge >= 0.3 is 6.18 Å². The van der Waals surface area contributed by atoms with Gasteiger partial charge in [-0.3, -0.25) is 13.8 Å². The van der Waals surface area contributed by atoms with E-state index < -0.39 is 40.4 Å². The monoisotopic (exact) mass is 412 g/mol. The molecule has 3 N–H and O–H groups in total. The van der Waals surface area contributed by atoms with E-state index in [9.17, 15) is 27.0 Å². The Hall–Kier alpha value is -2.68. The van der Waals surface area contributed by atoms with Gasteiger partial charge in [0, 0.05) is 10.6 Å². The van der Waals surface area contributed by atoms with Crippen molar-refractivity contribution in [1.29, 1.82) is 0 Å². The van der Waals surface area contributed by atoms with Crippen molar-refractivity contribution in [3.63, 3.8) is 0 Å². The van der Waals surface area contributed by atoms with Crippen LogP contribution >= 0.6 is 0 Å². The number of alkyl halides is 3. The second-order valence-corrected chi connectivity index (χ2v) is 7.62. The molecule has 0 unspecified atom stereocenters. The number of nitrogens with two attached hydrogens (primary N) is 1. The molecule has 2 aromatic rings. The molecule has 0 saturated carbocycles. The third-order valence-corrected chi connectivity index (χ3v) is 5.33. The van der Waals surface area contributed by atoms with Gasteiger partial charge in [0.05, 0.1) is 22.8 Å². The van der Waals surface area contributed by atoms with Gasteiger partial charge < -0.3 is 11.1 Å². The summed E-state index contributed by atoms with van der Waals surface area (Å²) in [4.78, 5) is 24.3. The van der Waals surface area contributed by atoms with Crippen molar-refractivity contribution >= 4 is 22.6 Å². The lowest BCUT2D eigenvalue weighted by molar-refractivity contribution is -0.137. The number of halogens is 3. The van der Waals surface area contributed by atoms with Crippen LogP contribution in [0.5, 0.6) is 0 Å². The lowest BCUT2D eigenvalue weighted by atomic mass is 10.1. The maximum absolute atomic E-state index is 12.6. The molecule has 28 heavy (non-hydrogen) atoms. The van der Waals surface area contributed by atoms with Crippen LogP contribution in [0.25, 0.3) is 0 Å². The average Bonchev–Trinajstić information content (AvgIpc) is 2.65. The zero-order chi connectivity index (χ0) is 20.7. The van der Waals surface area contributed by atoms with Gasteiger partial charge in [-0.25, -0.2) is 0 Å². The van der Waals surface area contributed by atoms with Crippen molar-refractivity contribution < 1.29 is 27.0 Å². The molecule has 0 spiro atoms. The van der Waals surface area contributed by atoms with E-state index >= 15 is 0 Å². The van der Waals surface area contributed by atoms with Crippen LogP contribution in [0.4, 0.5) is 13.2 Å². The molecule has 0 bridgehead atoms. The van der Waals surface area contributed by atoms with Crippen molar-refractivity contribution in [3.05, 3.63) is 65.7 Å². The van der Waals surface area contributed by atoms with Crippen LogP contribution in [0.1, 0.15) is 17.5 Å². The van der Waals surface area contributed by atoms with E-state index in [1.165, 1.54) is 12.1 Å². The Morgan fingerprint density at radius 3 is 2.18 bits per heavy atom. The highest BCUT2D eigenvalue weighted by Crippen LogP contribution is 2.29. The zero-order valence-corrected chi connectivity index (χ0v) is 15.6. The van der Waals surface area contributed by atoms with Crippen LogP contribution in [-0.4, -0.2) is 27.8 Å². The van der Waals surface area contributed by atoms with Crippen molar-refractivity contribution in [3.8, 4) is 0 Å². The third-order valence-electron chi connectivity index (χ3n) is 3.92. The molecule has 2 rings (SSSR count). The summed E-state index contributed by atoms with van der Waals surface area (Å²) in [5.41, 5.74) is 4.85. The second kappa shape index (κ2) is 9.50. The first kappa shape index (κ1) is 21.6. The smallest absolute Gasteiger partial charge is 0.368 e. The molecule has 0 aliphatic rings. The molecule has 2 atom stereocenters. The number of primary amides is 1. The molecule has 0 aromatic heterocycles. The largest absolute Gasteiger partial charge is 0.416 e. The van der Waals surface area contributed by atoms with Crippen LogP contribution < -0.4 is 11.1 Å². The lowest BCUT2D eigenvalue weighted by Crippen LogP contribution is -2.45. The van der Waals surface area contributed by atoms with E-state index in [2.05, 4.69) is 5.32 Å². The van der Waals surface area contributed by atoms with Gasteiger partial charge in [0.25, 0.3) is 0 Å². The molecule has 150 valence electrons. The molecular weight excluding hydrogens is 393 g/mol. The first-order valence-electron chi connectivity index (χ1n) is 8.35. The minimum absolute atomic E-state index is 0.0790. The van der Waals surface area contributed by atoms with Gasteiger partial charge in [-0.1, -0.05) is 30.3 Å². The first-order chi connectivity index (χ1) is 13.2. The fourth-order valence-corrected chi connectivity index (χ4v) is 3.59. The Morgan fingerprint density at radius 2 is 1.64 bits per heavy atom. The van der Waals surface area contributed by atoms with Crippen LogP contribution in [0.2, 0.25) is 0 Å². The van der Waals surface area contributed by atoms with Crippen LogP contribution in [0.15, 0.2) is 59.5 Å². The quantitative estimate of drug-likeness (QED) is 0.698. The first-order valence-corrected chi connectivity index (χ1v) is 9.67. The number of hydrogen-bond donors (Lipinski definition) is 2. The Balaban J connectivity index is 1.91. The van der Waals surface area contributed by atoms with Crippen molar-refractivity contribution in [1.82, 2.24) is 5.32 Å². The van der Waals surface area contributed by atoms with Crippen LogP contribution in [0, 0.1) is 0 Å². The molecule has 0 saturated heterocycles. The SMILES string of the molecule is NC(=O)[C@@H](CC[S@](=O)c1ccccc1)NC(=O)Cc1ccc(C(F)(F)F)cc1. The summed E-state index contributed by atoms with van der Waals surface area (Å²) in [6.07, 6.45) is -4.58. The molecule has 0 aliphatic carbocycles. The van der Waals surface area contributed by atoms with Crippen LogP contribution in [0.3, 0.4) is 0 Å². The molecule has 0 radical (unpaired) electrons. The number of carbonyl (C=O) groups is 2. The highest BCUT2D eigenvalue weighted by Gasteiger charge is 2.30. The van der Waals surface area contributed by atoms with E-state index in [0.717, 1.165) is 12.1 Å². The molecule has 0 aliphatic heterocycles. The van der Waals surface area contributed by atoms with E-state index in [1.54, 1.807) is 30.3 Å². The average molecular weight is 412 g/mol. The second-order valence-electron chi connectivity index (χ2n) is 6.05. The molecule has 5 nitrogen and oxygen atoms in total. The zero-order valence-electron chi connectivity index (χ0n) is 14.7. The maximum Gasteiger partial charge on any atom is 0.416 e. The lowest BCUT2D eigenvalue weighted by Gasteiger charge is -2.15. The summed E-state index contributed by atoms with van der Waals surface area (Å²) >= 11 is 0. The van der Waals surface area contributed by atoms with Gasteiger partial charge in [-0.05, 0) is 36.2 Å². The van der Waals surface area contributed by atoms with E-state index in [0.29, 0.717) is 10.5 Å². The minimum Gasteiger partial charge on any atom is -0.368 e. The van der Waals surface area contributed by atoms with Crippen molar-refractivity contribution in [2.24, 2.45) is 5.73 Å². The summed E-state index contributed by atoms with van der Waals surface area (Å²) in [6, 6.07) is 11.8. The fraction of sp³-hybridized carbons (Fsp3) is 0.263. The summed E-state index contributed by atoms with van der Waals surface area (Å²) < 4.78 is 49.9. The van der Waals surface area contributed by atoms with Crippen molar-refractivity contribution in [2.45, 2.75) is 30.0 Å². The highest BCUT2D eigenvalue weighted by atomic mass is 32.2. The highest BCUT2D eigenvalue weighted by molar-refractivity contribution is 7.85. The summed E-state index contributed by atoms with van der Waals surface area (Å²) in [6.45, 7) is 0. The Morgan fingerprint density at radius 1 is 1.04 bits per heavy atom. The maximum atomic E-state index is 12.6. The van der Waals surface area contributed by atoms with Gasteiger partial charge in [0.1, 0.15) is 6.04 Å². The fourth-order valence-electron chi connectivity index (χ4n) is 2.44. The normalized spacial score (nSPS) is 13.5. The molecule has 0 fully saturated rings. The van der Waals surface area contributed by atoms with Gasteiger partial charge in [0.15, 0.2) is 0 Å². The van der Waals surface area contributed by atoms with Crippen LogP contribution in [-0.2, 0) is 33.0 Å². The number of hydrogen-bond acceptors (Lipinski definition) is 3. The number of carbonyl (C=O) groups excluding carboxylic acids is 2. The van der Waals surface area contributed by atoms with Crippen molar-refractivity contribution in [2.75, 3.05) is 5.75 Å². The Kier molecular flexibility index (Phi) is 7.33. The topological polar surface area (TPSA) is 89.3 Å². The third kappa shape index (κ3) is 6.49.